The highest BCUT2D eigenvalue weighted by atomic mass is 32.1. The minimum Gasteiger partial charge on any atom is -0.503 e. The predicted molar refractivity (Wildman–Crippen MR) is 96.0 cm³/mol. The molecule has 4 rings (SSSR count). The van der Waals surface area contributed by atoms with Crippen LogP contribution < -0.4 is 0 Å². The molecule has 1 amide bonds. The Balaban J connectivity index is 1.74. The maximum absolute atomic E-state index is 13.0. The molecule has 2 aliphatic heterocycles. The standard InChI is InChI=1S/C19H18N2O4S/c22-17(14-6-3-9-26-14)15-16(12-4-1-7-20-10-12)21(19(24)18(15)23)11-13-5-2-8-25-13/h1,3-4,6-7,9-10,13,16,23H,2,5,8,11H2/t13-,16+/m0/s1. The second-order valence-electron chi connectivity index (χ2n) is 6.35. The molecule has 6 nitrogen and oxygen atoms in total. The first-order valence-electron chi connectivity index (χ1n) is 8.50. The van der Waals surface area contributed by atoms with Gasteiger partial charge in [-0.2, -0.15) is 0 Å². The summed E-state index contributed by atoms with van der Waals surface area (Å²) in [5.74, 6) is -1.33. The summed E-state index contributed by atoms with van der Waals surface area (Å²) in [4.78, 5) is 31.9. The van der Waals surface area contributed by atoms with Gasteiger partial charge in [-0.15, -0.1) is 11.3 Å². The molecule has 4 heterocycles. The average molecular weight is 370 g/mol. The van der Waals surface area contributed by atoms with Gasteiger partial charge in [0.25, 0.3) is 5.91 Å². The average Bonchev–Trinajstić information content (AvgIpc) is 3.40. The lowest BCUT2D eigenvalue weighted by molar-refractivity contribution is -0.131. The third-order valence-corrected chi connectivity index (χ3v) is 5.59. The molecule has 0 radical (unpaired) electrons. The highest BCUT2D eigenvalue weighted by Gasteiger charge is 2.45. The van der Waals surface area contributed by atoms with E-state index >= 15 is 0 Å². The van der Waals surface area contributed by atoms with Crippen molar-refractivity contribution in [3.63, 3.8) is 0 Å². The number of aliphatic hydroxyl groups is 1. The van der Waals surface area contributed by atoms with Crippen molar-refractivity contribution >= 4 is 23.0 Å². The molecule has 7 heteroatoms. The largest absolute Gasteiger partial charge is 0.503 e. The number of carbonyl (C=O) groups excluding carboxylic acids is 2. The van der Waals surface area contributed by atoms with Gasteiger partial charge in [0, 0.05) is 25.5 Å². The van der Waals surface area contributed by atoms with Crippen molar-refractivity contribution in [1.82, 2.24) is 9.88 Å². The van der Waals surface area contributed by atoms with E-state index in [0.717, 1.165) is 12.8 Å². The number of ether oxygens (including phenoxy) is 1. The van der Waals surface area contributed by atoms with Crippen LogP contribution in [-0.2, 0) is 9.53 Å². The van der Waals surface area contributed by atoms with Gasteiger partial charge in [0.2, 0.25) is 5.78 Å². The van der Waals surface area contributed by atoms with Crippen molar-refractivity contribution in [3.05, 3.63) is 63.8 Å². The first-order valence-corrected chi connectivity index (χ1v) is 9.38. The van der Waals surface area contributed by atoms with E-state index in [4.69, 9.17) is 4.74 Å². The number of thiophene rings is 1. The fourth-order valence-electron chi connectivity index (χ4n) is 3.51. The maximum Gasteiger partial charge on any atom is 0.290 e. The van der Waals surface area contributed by atoms with Crippen LogP contribution in [0.3, 0.4) is 0 Å². The van der Waals surface area contributed by atoms with Gasteiger partial charge >= 0.3 is 0 Å². The van der Waals surface area contributed by atoms with E-state index in [1.165, 1.54) is 16.2 Å². The molecule has 2 atom stereocenters. The van der Waals surface area contributed by atoms with Crippen molar-refractivity contribution < 1.29 is 19.4 Å². The summed E-state index contributed by atoms with van der Waals surface area (Å²) >= 11 is 1.29. The highest BCUT2D eigenvalue weighted by molar-refractivity contribution is 7.12. The third kappa shape index (κ3) is 2.93. The number of aromatic nitrogens is 1. The molecule has 0 unspecified atom stereocenters. The van der Waals surface area contributed by atoms with Crippen molar-refractivity contribution in [2.24, 2.45) is 0 Å². The van der Waals surface area contributed by atoms with Crippen LogP contribution in [0, 0.1) is 0 Å². The number of Topliss-reactive ketones (excluding diaryl/α,β-unsaturated/α-hetero) is 1. The summed E-state index contributed by atoms with van der Waals surface area (Å²) in [5.41, 5.74) is 0.811. The van der Waals surface area contributed by atoms with Gasteiger partial charge in [0.15, 0.2) is 5.76 Å². The van der Waals surface area contributed by atoms with Crippen LogP contribution in [-0.4, -0.2) is 45.9 Å². The van der Waals surface area contributed by atoms with E-state index in [9.17, 15) is 14.7 Å². The lowest BCUT2D eigenvalue weighted by Gasteiger charge is -2.28. The van der Waals surface area contributed by atoms with Crippen LogP contribution in [0.4, 0.5) is 0 Å². The van der Waals surface area contributed by atoms with E-state index in [1.54, 1.807) is 36.0 Å². The Hall–Kier alpha value is -2.51. The summed E-state index contributed by atoms with van der Waals surface area (Å²) in [7, 11) is 0. The van der Waals surface area contributed by atoms with Gasteiger partial charge in [-0.3, -0.25) is 14.6 Å². The summed E-state index contributed by atoms with van der Waals surface area (Å²) in [6.45, 7) is 1.01. The molecule has 1 N–H and O–H groups in total. The van der Waals surface area contributed by atoms with Crippen LogP contribution in [0.15, 0.2) is 53.4 Å². The highest BCUT2D eigenvalue weighted by Crippen LogP contribution is 2.39. The smallest absolute Gasteiger partial charge is 0.290 e. The van der Waals surface area contributed by atoms with E-state index < -0.39 is 17.7 Å². The molecular weight excluding hydrogens is 352 g/mol. The van der Waals surface area contributed by atoms with Gasteiger partial charge in [-0.05, 0) is 35.9 Å². The normalized spacial score (nSPS) is 23.1. The monoisotopic (exact) mass is 370 g/mol. The Labute approximate surface area is 154 Å². The third-order valence-electron chi connectivity index (χ3n) is 4.72. The second-order valence-corrected chi connectivity index (χ2v) is 7.30. The van der Waals surface area contributed by atoms with Gasteiger partial charge in [-0.1, -0.05) is 12.1 Å². The maximum atomic E-state index is 13.0. The van der Waals surface area contributed by atoms with E-state index in [0.29, 0.717) is 23.6 Å². The molecular formula is C19H18N2O4S. The molecule has 0 bridgehead atoms. The van der Waals surface area contributed by atoms with Crippen LogP contribution in [0.1, 0.15) is 34.1 Å². The van der Waals surface area contributed by atoms with E-state index in [2.05, 4.69) is 4.98 Å². The van der Waals surface area contributed by atoms with Gasteiger partial charge in [0.05, 0.1) is 22.6 Å². The number of rotatable bonds is 5. The molecule has 0 spiro atoms. The summed E-state index contributed by atoms with van der Waals surface area (Å²) in [6, 6.07) is 6.38. The molecule has 134 valence electrons. The molecule has 2 aromatic heterocycles. The van der Waals surface area contributed by atoms with Gasteiger partial charge < -0.3 is 14.7 Å². The number of amides is 1. The van der Waals surface area contributed by atoms with Gasteiger partial charge in [-0.25, -0.2) is 0 Å². The predicted octanol–water partition coefficient (Wildman–Crippen LogP) is 2.90. The zero-order chi connectivity index (χ0) is 18.1. The SMILES string of the molecule is O=C(C1=C(O)C(=O)N(C[C@@H]2CCCO2)[C@@H]1c1cccnc1)c1cccs1. The number of hydrogen-bond donors (Lipinski definition) is 1. The van der Waals surface area contributed by atoms with Crippen molar-refractivity contribution in [2.75, 3.05) is 13.2 Å². The minimum atomic E-state index is -0.657. The number of carbonyl (C=O) groups is 2. The Kier molecular flexibility index (Phi) is 4.57. The number of pyridine rings is 1. The first kappa shape index (κ1) is 16.9. The Morgan fingerprint density at radius 3 is 2.92 bits per heavy atom. The Morgan fingerprint density at radius 2 is 2.27 bits per heavy atom. The molecule has 2 aromatic rings. The Morgan fingerprint density at radius 1 is 1.38 bits per heavy atom. The van der Waals surface area contributed by atoms with Crippen molar-refractivity contribution in [1.29, 1.82) is 0 Å². The number of nitrogens with zero attached hydrogens (tertiary/aromatic N) is 2. The van der Waals surface area contributed by atoms with E-state index in [-0.39, 0.29) is 17.5 Å². The Bertz CT molecular complexity index is 842. The quantitative estimate of drug-likeness (QED) is 0.819. The topological polar surface area (TPSA) is 79.7 Å². The molecule has 0 aromatic carbocycles. The fraction of sp³-hybridized carbons (Fsp3) is 0.316. The van der Waals surface area contributed by atoms with Crippen LogP contribution in [0.25, 0.3) is 0 Å². The molecule has 0 aliphatic carbocycles. The van der Waals surface area contributed by atoms with Crippen LogP contribution >= 0.6 is 11.3 Å². The van der Waals surface area contributed by atoms with Crippen LogP contribution in [0.5, 0.6) is 0 Å². The van der Waals surface area contributed by atoms with E-state index in [1.807, 2.05) is 6.07 Å². The molecule has 26 heavy (non-hydrogen) atoms. The zero-order valence-corrected chi connectivity index (χ0v) is 14.8. The van der Waals surface area contributed by atoms with Gasteiger partial charge in [0.1, 0.15) is 0 Å². The first-order chi connectivity index (χ1) is 12.7. The van der Waals surface area contributed by atoms with Crippen molar-refractivity contribution in [3.8, 4) is 0 Å². The zero-order valence-electron chi connectivity index (χ0n) is 14.0. The fourth-order valence-corrected chi connectivity index (χ4v) is 4.18. The molecule has 1 fully saturated rings. The number of aliphatic hydroxyl groups excluding tert-OH is 1. The summed E-state index contributed by atoms with van der Waals surface area (Å²) in [5, 5.41) is 12.3. The lowest BCUT2D eigenvalue weighted by Crippen LogP contribution is -2.37. The lowest BCUT2D eigenvalue weighted by atomic mass is 9.96. The number of ketones is 1. The van der Waals surface area contributed by atoms with Crippen LogP contribution in [0.2, 0.25) is 0 Å². The molecule has 0 saturated carbocycles. The molecule has 2 aliphatic rings. The number of hydrogen-bond acceptors (Lipinski definition) is 6. The van der Waals surface area contributed by atoms with Crippen molar-refractivity contribution in [2.45, 2.75) is 25.0 Å². The minimum absolute atomic E-state index is 0.0814. The second kappa shape index (κ2) is 7.01. The summed E-state index contributed by atoms with van der Waals surface area (Å²) < 4.78 is 5.66. The molecule has 1 saturated heterocycles. The summed E-state index contributed by atoms with van der Waals surface area (Å²) in [6.07, 6.45) is 4.99.